The Balaban J connectivity index is 1.91. The van der Waals surface area contributed by atoms with E-state index >= 15 is 0 Å². The Hall–Kier alpha value is -1.58. The third-order valence-electron chi connectivity index (χ3n) is 4.02. The van der Waals surface area contributed by atoms with Crippen LogP contribution in [0.4, 0.5) is 11.4 Å². The smallest absolute Gasteiger partial charge is 0.273 e. The van der Waals surface area contributed by atoms with Gasteiger partial charge < -0.3 is 0 Å². The molecule has 1 aromatic heterocycles. The molecule has 1 N–H and O–H groups in total. The van der Waals surface area contributed by atoms with Crippen molar-refractivity contribution < 1.29 is 16.8 Å². The van der Waals surface area contributed by atoms with Gasteiger partial charge in [0.2, 0.25) is 10.0 Å². The van der Waals surface area contributed by atoms with Gasteiger partial charge in [-0.2, -0.15) is 0 Å². The van der Waals surface area contributed by atoms with Crippen LogP contribution in [0.1, 0.15) is 25.8 Å². The van der Waals surface area contributed by atoms with Crippen LogP contribution in [0.15, 0.2) is 39.9 Å². The monoisotopic (exact) mass is 414 g/mol. The number of aryl methyl sites for hydroxylation is 1. The van der Waals surface area contributed by atoms with E-state index in [1.807, 2.05) is 13.8 Å². The fourth-order valence-corrected chi connectivity index (χ4v) is 7.15. The molecule has 0 amide bonds. The lowest BCUT2D eigenvalue weighted by atomic mass is 10.0. The number of hydrogen-bond donors (Lipinski definition) is 1. The van der Waals surface area contributed by atoms with Gasteiger partial charge in [-0.15, -0.1) is 11.3 Å². The fraction of sp³-hybridized carbons (Fsp3) is 0.412. The van der Waals surface area contributed by atoms with Gasteiger partial charge in [0, 0.05) is 12.2 Å². The number of anilines is 2. The van der Waals surface area contributed by atoms with Crippen molar-refractivity contribution in [2.24, 2.45) is 5.92 Å². The highest BCUT2D eigenvalue weighted by Gasteiger charge is 2.30. The van der Waals surface area contributed by atoms with Crippen molar-refractivity contribution in [2.45, 2.75) is 30.9 Å². The zero-order chi connectivity index (χ0) is 18.9. The van der Waals surface area contributed by atoms with Gasteiger partial charge in [-0.1, -0.05) is 19.9 Å². The third kappa shape index (κ3) is 4.05. The van der Waals surface area contributed by atoms with E-state index in [-0.39, 0.29) is 11.7 Å². The Morgan fingerprint density at radius 3 is 2.62 bits per heavy atom. The first-order valence-corrected chi connectivity index (χ1v) is 12.4. The summed E-state index contributed by atoms with van der Waals surface area (Å²) in [6.07, 6.45) is 1.41. The third-order valence-corrected chi connectivity index (χ3v) is 8.86. The van der Waals surface area contributed by atoms with Crippen molar-refractivity contribution in [3.8, 4) is 0 Å². The summed E-state index contributed by atoms with van der Waals surface area (Å²) in [5, 5.41) is 1.74. The molecule has 2 heterocycles. The standard InChI is InChI=1S/C17H22N2O4S3/c1-13(2)12-25(20,21)18-15-7-8-16-14(11-15)5-3-9-19(16)26(22,23)17-6-4-10-24-17/h4,6-8,10-11,13,18H,3,5,9,12H2,1-2H3. The summed E-state index contributed by atoms with van der Waals surface area (Å²) in [7, 11) is -7.00. The van der Waals surface area contributed by atoms with Crippen LogP contribution in [0.5, 0.6) is 0 Å². The second-order valence-corrected chi connectivity index (χ2v) is 11.5. The van der Waals surface area contributed by atoms with Gasteiger partial charge in [-0.25, -0.2) is 16.8 Å². The Kier molecular flexibility index (Phi) is 5.32. The molecule has 0 unspecified atom stereocenters. The molecule has 2 aromatic rings. The Bertz CT molecular complexity index is 981. The van der Waals surface area contributed by atoms with E-state index in [1.54, 1.807) is 35.7 Å². The quantitative estimate of drug-likeness (QED) is 0.786. The average Bonchev–Trinajstić information content (AvgIpc) is 3.07. The van der Waals surface area contributed by atoms with E-state index in [1.165, 1.54) is 15.6 Å². The number of nitrogens with one attached hydrogen (secondary N) is 1. The molecule has 6 nitrogen and oxygen atoms in total. The molecule has 142 valence electrons. The lowest BCUT2D eigenvalue weighted by Crippen LogP contribution is -2.35. The second-order valence-electron chi connectivity index (χ2n) is 6.73. The van der Waals surface area contributed by atoms with Crippen molar-refractivity contribution in [1.82, 2.24) is 0 Å². The summed E-state index contributed by atoms with van der Waals surface area (Å²) in [4.78, 5) is 0. The predicted octanol–water partition coefficient (Wildman–Crippen LogP) is 3.29. The molecule has 1 aliphatic heterocycles. The number of benzene rings is 1. The molecule has 0 aliphatic carbocycles. The largest absolute Gasteiger partial charge is 0.284 e. The van der Waals surface area contributed by atoms with Crippen LogP contribution < -0.4 is 9.03 Å². The zero-order valence-electron chi connectivity index (χ0n) is 14.7. The SMILES string of the molecule is CC(C)CS(=O)(=O)Nc1ccc2c(c1)CCCN2S(=O)(=O)c1cccs1. The fourth-order valence-electron chi connectivity index (χ4n) is 3.05. The first-order chi connectivity index (χ1) is 12.2. The van der Waals surface area contributed by atoms with E-state index in [9.17, 15) is 16.8 Å². The van der Waals surface area contributed by atoms with Crippen LogP contribution in [-0.2, 0) is 26.5 Å². The molecule has 0 radical (unpaired) electrons. The minimum absolute atomic E-state index is 0.0246. The summed E-state index contributed by atoms with van der Waals surface area (Å²) in [6.45, 7) is 4.12. The molecule has 0 bridgehead atoms. The Morgan fingerprint density at radius 2 is 1.96 bits per heavy atom. The average molecular weight is 415 g/mol. The molecular formula is C17H22N2O4S3. The normalized spacial score (nSPS) is 15.1. The topological polar surface area (TPSA) is 83.6 Å². The molecular weight excluding hydrogens is 392 g/mol. The maximum atomic E-state index is 12.9. The molecule has 9 heteroatoms. The van der Waals surface area contributed by atoms with E-state index < -0.39 is 20.0 Å². The van der Waals surface area contributed by atoms with Crippen molar-refractivity contribution in [3.63, 3.8) is 0 Å². The van der Waals surface area contributed by atoms with Gasteiger partial charge in [-0.3, -0.25) is 9.03 Å². The van der Waals surface area contributed by atoms with E-state index in [4.69, 9.17) is 0 Å². The van der Waals surface area contributed by atoms with Crippen LogP contribution in [0.25, 0.3) is 0 Å². The first-order valence-electron chi connectivity index (χ1n) is 8.39. The molecule has 0 atom stereocenters. The molecule has 0 spiro atoms. The highest BCUT2D eigenvalue weighted by atomic mass is 32.2. The van der Waals surface area contributed by atoms with Crippen molar-refractivity contribution >= 4 is 42.8 Å². The van der Waals surface area contributed by atoms with Gasteiger partial charge in [-0.05, 0) is 54.0 Å². The van der Waals surface area contributed by atoms with Gasteiger partial charge in [0.1, 0.15) is 4.21 Å². The van der Waals surface area contributed by atoms with Gasteiger partial charge in [0.15, 0.2) is 0 Å². The number of sulfonamides is 2. The van der Waals surface area contributed by atoms with Crippen LogP contribution >= 0.6 is 11.3 Å². The summed E-state index contributed by atoms with van der Waals surface area (Å²) >= 11 is 1.19. The molecule has 26 heavy (non-hydrogen) atoms. The van der Waals surface area contributed by atoms with Gasteiger partial charge in [0.05, 0.1) is 11.4 Å². The van der Waals surface area contributed by atoms with Gasteiger partial charge in [0.25, 0.3) is 10.0 Å². The Morgan fingerprint density at radius 1 is 1.19 bits per heavy atom. The molecule has 0 fully saturated rings. The summed E-state index contributed by atoms with van der Waals surface area (Å²) < 4.78 is 54.3. The van der Waals surface area contributed by atoms with Gasteiger partial charge >= 0.3 is 0 Å². The lowest BCUT2D eigenvalue weighted by Gasteiger charge is -2.30. The summed E-state index contributed by atoms with van der Waals surface area (Å²) in [5.41, 5.74) is 1.93. The number of fused-ring (bicyclic) bond motifs is 1. The number of hydrogen-bond acceptors (Lipinski definition) is 5. The van der Waals surface area contributed by atoms with E-state index in [0.717, 1.165) is 5.56 Å². The first kappa shape index (κ1) is 19.2. The highest BCUT2D eigenvalue weighted by molar-refractivity contribution is 7.94. The van der Waals surface area contributed by atoms with Crippen LogP contribution in [-0.4, -0.2) is 29.1 Å². The van der Waals surface area contributed by atoms with Crippen molar-refractivity contribution in [2.75, 3.05) is 21.3 Å². The highest BCUT2D eigenvalue weighted by Crippen LogP contribution is 2.35. The molecule has 1 aliphatic rings. The molecule has 3 rings (SSSR count). The maximum absolute atomic E-state index is 12.9. The van der Waals surface area contributed by atoms with Crippen molar-refractivity contribution in [3.05, 3.63) is 41.3 Å². The predicted molar refractivity (Wildman–Crippen MR) is 106 cm³/mol. The summed E-state index contributed by atoms with van der Waals surface area (Å²) in [6, 6.07) is 8.37. The summed E-state index contributed by atoms with van der Waals surface area (Å²) in [5.74, 6) is 0.0692. The zero-order valence-corrected chi connectivity index (χ0v) is 17.1. The Labute approximate surface area is 159 Å². The van der Waals surface area contributed by atoms with Crippen LogP contribution in [0.3, 0.4) is 0 Å². The van der Waals surface area contributed by atoms with E-state index in [2.05, 4.69) is 4.72 Å². The number of thiophene rings is 1. The minimum atomic E-state index is -3.58. The van der Waals surface area contributed by atoms with E-state index in [0.29, 0.717) is 35.0 Å². The second kappa shape index (κ2) is 7.21. The lowest BCUT2D eigenvalue weighted by molar-refractivity contribution is 0.586. The molecule has 0 saturated heterocycles. The maximum Gasteiger partial charge on any atom is 0.273 e. The van der Waals surface area contributed by atoms with Crippen LogP contribution in [0.2, 0.25) is 0 Å². The number of nitrogens with zero attached hydrogens (tertiary/aromatic N) is 1. The number of rotatable bonds is 6. The molecule has 1 aromatic carbocycles. The molecule has 0 saturated carbocycles. The van der Waals surface area contributed by atoms with Crippen LogP contribution in [0, 0.1) is 5.92 Å². The van der Waals surface area contributed by atoms with Crippen molar-refractivity contribution in [1.29, 1.82) is 0 Å². The minimum Gasteiger partial charge on any atom is -0.284 e.